The number of H-pyrrole nitrogens is 1. The zero-order chi connectivity index (χ0) is 11.9. The number of hydrogen-bond donors (Lipinski definition) is 2. The van der Waals surface area contributed by atoms with Crippen molar-refractivity contribution in [2.45, 2.75) is 18.8 Å². The van der Waals surface area contributed by atoms with E-state index in [1.54, 1.807) is 0 Å². The number of ether oxygens (including phenoxy) is 1. The normalized spacial score (nSPS) is 17.8. The predicted octanol–water partition coefficient (Wildman–Crippen LogP) is 2.15. The van der Waals surface area contributed by atoms with E-state index >= 15 is 0 Å². The Hall–Kier alpha value is -2.04. The number of nitrogens with zero attached hydrogens (tertiary/aromatic N) is 2. The first-order valence-corrected chi connectivity index (χ1v) is 6.34. The highest BCUT2D eigenvalue weighted by atomic mass is 16.5. The van der Waals surface area contributed by atoms with Gasteiger partial charge in [0.05, 0.1) is 11.3 Å². The Labute approximate surface area is 105 Å². The molecule has 1 aromatic heterocycles. The Balaban J connectivity index is 1.78. The Bertz CT molecular complexity index is 588. The molecule has 0 saturated heterocycles. The number of benzene rings is 1. The minimum atomic E-state index is 0.588. The molecular weight excluding hydrogens is 228 g/mol. The van der Waals surface area contributed by atoms with Crippen molar-refractivity contribution in [2.24, 2.45) is 0 Å². The van der Waals surface area contributed by atoms with Crippen LogP contribution in [0.5, 0.6) is 5.75 Å². The van der Waals surface area contributed by atoms with Gasteiger partial charge in [-0.1, -0.05) is 6.07 Å². The zero-order valence-electron chi connectivity index (χ0n) is 9.94. The summed E-state index contributed by atoms with van der Waals surface area (Å²) >= 11 is 0. The fraction of sp³-hybridized carbons (Fsp3) is 0.385. The van der Waals surface area contributed by atoms with E-state index in [0.717, 1.165) is 35.2 Å². The molecule has 0 radical (unpaired) electrons. The topological polar surface area (TPSA) is 62.8 Å². The molecule has 18 heavy (non-hydrogen) atoms. The second kappa shape index (κ2) is 3.73. The molecule has 4 rings (SSSR count). The largest absolute Gasteiger partial charge is 0.489 e. The molecule has 2 aliphatic rings. The Morgan fingerprint density at radius 2 is 2.22 bits per heavy atom. The molecule has 1 fully saturated rings. The van der Waals surface area contributed by atoms with Crippen LogP contribution in [0.2, 0.25) is 0 Å². The summed E-state index contributed by atoms with van der Waals surface area (Å²) in [7, 11) is 0. The lowest BCUT2D eigenvalue weighted by Crippen LogP contribution is -2.18. The summed E-state index contributed by atoms with van der Waals surface area (Å²) in [6, 6.07) is 6.03. The van der Waals surface area contributed by atoms with Crippen molar-refractivity contribution in [3.63, 3.8) is 0 Å². The molecule has 5 nitrogen and oxygen atoms in total. The van der Waals surface area contributed by atoms with Gasteiger partial charge >= 0.3 is 0 Å². The average Bonchev–Trinajstić information content (AvgIpc) is 3.16. The standard InChI is InChI=1S/C13H14N4O/c1-2-9(11-10(3-1)14-6-7-18-11)13-15-12(16-17-13)8-4-5-8/h1-3,8,14H,4-7H2,(H,15,16,17). The summed E-state index contributed by atoms with van der Waals surface area (Å²) in [5.74, 6) is 3.19. The molecule has 1 aromatic carbocycles. The van der Waals surface area contributed by atoms with Crippen LogP contribution >= 0.6 is 0 Å². The molecule has 92 valence electrons. The number of para-hydroxylation sites is 1. The third kappa shape index (κ3) is 1.54. The van der Waals surface area contributed by atoms with Gasteiger partial charge in [0.2, 0.25) is 0 Å². The monoisotopic (exact) mass is 242 g/mol. The number of rotatable bonds is 2. The molecule has 0 atom stereocenters. The Morgan fingerprint density at radius 1 is 1.28 bits per heavy atom. The van der Waals surface area contributed by atoms with E-state index in [1.807, 2.05) is 18.2 Å². The van der Waals surface area contributed by atoms with Crippen LogP contribution in [-0.4, -0.2) is 28.3 Å². The average molecular weight is 242 g/mol. The summed E-state index contributed by atoms with van der Waals surface area (Å²) in [6.45, 7) is 1.53. The number of nitrogens with one attached hydrogen (secondary N) is 2. The summed E-state index contributed by atoms with van der Waals surface area (Å²) in [5, 5.41) is 10.7. The Kier molecular flexibility index (Phi) is 2.06. The highest BCUT2D eigenvalue weighted by molar-refractivity contribution is 5.75. The fourth-order valence-corrected chi connectivity index (χ4v) is 2.28. The van der Waals surface area contributed by atoms with E-state index in [0.29, 0.717) is 12.5 Å². The quantitative estimate of drug-likeness (QED) is 0.847. The van der Waals surface area contributed by atoms with E-state index in [2.05, 4.69) is 20.5 Å². The molecule has 1 aliphatic carbocycles. The number of anilines is 1. The fourth-order valence-electron chi connectivity index (χ4n) is 2.28. The molecule has 1 saturated carbocycles. The maximum atomic E-state index is 5.74. The smallest absolute Gasteiger partial charge is 0.184 e. The molecule has 0 spiro atoms. The van der Waals surface area contributed by atoms with Gasteiger partial charge in [-0.2, -0.15) is 5.10 Å². The SMILES string of the molecule is c1cc2c(c(-c3n[nH]c(C4CC4)n3)c1)OCCN2. The summed E-state index contributed by atoms with van der Waals surface area (Å²) < 4.78 is 5.74. The Morgan fingerprint density at radius 3 is 3.11 bits per heavy atom. The van der Waals surface area contributed by atoms with Crippen LogP contribution in [0, 0.1) is 0 Å². The van der Waals surface area contributed by atoms with Gasteiger partial charge in [-0.15, -0.1) is 0 Å². The third-order valence-corrected chi connectivity index (χ3v) is 3.39. The number of hydrogen-bond acceptors (Lipinski definition) is 4. The van der Waals surface area contributed by atoms with Gasteiger partial charge < -0.3 is 10.1 Å². The van der Waals surface area contributed by atoms with Gasteiger partial charge in [0.15, 0.2) is 11.6 Å². The first-order chi connectivity index (χ1) is 8.92. The highest BCUT2D eigenvalue weighted by Gasteiger charge is 2.28. The first kappa shape index (κ1) is 9.94. The highest BCUT2D eigenvalue weighted by Crippen LogP contribution is 2.40. The number of aromatic amines is 1. The zero-order valence-corrected chi connectivity index (χ0v) is 9.94. The van der Waals surface area contributed by atoms with Crippen molar-refractivity contribution in [3.05, 3.63) is 24.0 Å². The van der Waals surface area contributed by atoms with Gasteiger partial charge in [0, 0.05) is 12.5 Å². The number of aromatic nitrogens is 3. The van der Waals surface area contributed by atoms with Crippen LogP contribution in [0.25, 0.3) is 11.4 Å². The van der Waals surface area contributed by atoms with E-state index < -0.39 is 0 Å². The minimum Gasteiger partial charge on any atom is -0.489 e. The molecule has 0 unspecified atom stereocenters. The predicted molar refractivity (Wildman–Crippen MR) is 67.8 cm³/mol. The van der Waals surface area contributed by atoms with E-state index in [4.69, 9.17) is 4.74 Å². The number of fused-ring (bicyclic) bond motifs is 1. The van der Waals surface area contributed by atoms with Crippen molar-refractivity contribution in [1.82, 2.24) is 15.2 Å². The second-order valence-corrected chi connectivity index (χ2v) is 4.78. The van der Waals surface area contributed by atoms with Crippen LogP contribution < -0.4 is 10.1 Å². The maximum Gasteiger partial charge on any atom is 0.184 e. The van der Waals surface area contributed by atoms with E-state index in [-0.39, 0.29) is 0 Å². The summed E-state index contributed by atoms with van der Waals surface area (Å²) in [6.07, 6.45) is 2.44. The summed E-state index contributed by atoms with van der Waals surface area (Å²) in [4.78, 5) is 4.58. The van der Waals surface area contributed by atoms with E-state index in [1.165, 1.54) is 12.8 Å². The van der Waals surface area contributed by atoms with Crippen molar-refractivity contribution in [2.75, 3.05) is 18.5 Å². The van der Waals surface area contributed by atoms with E-state index in [9.17, 15) is 0 Å². The third-order valence-electron chi connectivity index (χ3n) is 3.39. The maximum absolute atomic E-state index is 5.74. The van der Waals surface area contributed by atoms with Crippen molar-refractivity contribution >= 4 is 5.69 Å². The van der Waals surface area contributed by atoms with Crippen molar-refractivity contribution < 1.29 is 4.74 Å². The van der Waals surface area contributed by atoms with Gasteiger partial charge in [-0.25, -0.2) is 4.98 Å². The molecule has 0 amide bonds. The molecule has 2 N–H and O–H groups in total. The molecule has 0 bridgehead atoms. The van der Waals surface area contributed by atoms with Crippen LogP contribution in [0.1, 0.15) is 24.6 Å². The van der Waals surface area contributed by atoms with Gasteiger partial charge in [0.25, 0.3) is 0 Å². The molecule has 2 aromatic rings. The molecule has 1 aliphatic heterocycles. The van der Waals surface area contributed by atoms with Gasteiger partial charge in [0.1, 0.15) is 12.4 Å². The minimum absolute atomic E-state index is 0.588. The van der Waals surface area contributed by atoms with Crippen LogP contribution in [-0.2, 0) is 0 Å². The van der Waals surface area contributed by atoms with Crippen molar-refractivity contribution in [3.8, 4) is 17.1 Å². The van der Waals surface area contributed by atoms with Crippen molar-refractivity contribution in [1.29, 1.82) is 0 Å². The van der Waals surface area contributed by atoms with Crippen LogP contribution in [0.15, 0.2) is 18.2 Å². The molecule has 2 heterocycles. The lowest BCUT2D eigenvalue weighted by molar-refractivity contribution is 0.324. The van der Waals surface area contributed by atoms with Gasteiger partial charge in [-0.3, -0.25) is 5.10 Å². The first-order valence-electron chi connectivity index (χ1n) is 6.34. The van der Waals surface area contributed by atoms with Crippen LogP contribution in [0.4, 0.5) is 5.69 Å². The van der Waals surface area contributed by atoms with Crippen LogP contribution in [0.3, 0.4) is 0 Å². The second-order valence-electron chi connectivity index (χ2n) is 4.78. The lowest BCUT2D eigenvalue weighted by atomic mass is 10.1. The molecule has 5 heteroatoms. The summed E-state index contributed by atoms with van der Waals surface area (Å²) in [5.41, 5.74) is 1.99. The van der Waals surface area contributed by atoms with Gasteiger partial charge in [-0.05, 0) is 25.0 Å². The lowest BCUT2D eigenvalue weighted by Gasteiger charge is -2.20. The molecular formula is C13H14N4O.